The van der Waals surface area contributed by atoms with Crippen molar-refractivity contribution < 1.29 is 14.3 Å². The van der Waals surface area contributed by atoms with Crippen molar-refractivity contribution in [2.45, 2.75) is 30.8 Å². The average Bonchev–Trinajstić information content (AvgIpc) is 3.19. The molecule has 1 N–H and O–H groups in total. The summed E-state index contributed by atoms with van der Waals surface area (Å²) in [6, 6.07) is 7.28. The number of amides is 1. The van der Waals surface area contributed by atoms with Gasteiger partial charge in [-0.05, 0) is 74.5 Å². The van der Waals surface area contributed by atoms with E-state index in [0.29, 0.717) is 48.5 Å². The van der Waals surface area contributed by atoms with E-state index < -0.39 is 0 Å². The van der Waals surface area contributed by atoms with Crippen LogP contribution in [0.25, 0.3) is 0 Å². The second-order valence-corrected chi connectivity index (χ2v) is 9.58. The fraction of sp³-hybridized carbons (Fsp3) is 0.682. The lowest BCUT2D eigenvalue weighted by Crippen LogP contribution is -2.61. The maximum atomic E-state index is 13.6. The molecule has 6 heteroatoms. The van der Waals surface area contributed by atoms with Crippen LogP contribution >= 0.6 is 0 Å². The molecule has 1 unspecified atom stereocenters. The van der Waals surface area contributed by atoms with Gasteiger partial charge in [0.25, 0.3) is 0 Å². The molecule has 5 saturated heterocycles. The van der Waals surface area contributed by atoms with Gasteiger partial charge >= 0.3 is 0 Å². The van der Waals surface area contributed by atoms with Crippen LogP contribution in [0.1, 0.15) is 24.3 Å². The largest absolute Gasteiger partial charge is 0.454 e. The summed E-state index contributed by atoms with van der Waals surface area (Å²) in [4.78, 5) is 18.5. The number of rotatable bonds is 2. The van der Waals surface area contributed by atoms with Gasteiger partial charge in [0.1, 0.15) is 0 Å². The first-order chi connectivity index (χ1) is 13.8. The third-order valence-electron chi connectivity index (χ3n) is 8.48. The van der Waals surface area contributed by atoms with Crippen molar-refractivity contribution in [1.29, 1.82) is 0 Å². The highest BCUT2D eigenvalue weighted by molar-refractivity contribution is 5.83. The fourth-order valence-electron chi connectivity index (χ4n) is 7.09. The lowest BCUT2D eigenvalue weighted by atomic mass is 9.75. The van der Waals surface area contributed by atoms with Crippen LogP contribution in [0.15, 0.2) is 18.2 Å². The Morgan fingerprint density at radius 3 is 2.64 bits per heavy atom. The van der Waals surface area contributed by atoms with Crippen molar-refractivity contribution in [2.75, 3.05) is 39.5 Å². The summed E-state index contributed by atoms with van der Waals surface area (Å²) in [6.45, 7) is 5.62. The third-order valence-corrected chi connectivity index (χ3v) is 8.48. The summed E-state index contributed by atoms with van der Waals surface area (Å²) < 4.78 is 11.2. The number of carbonyl (C=O) groups excluding carboxylic acids is 1. The van der Waals surface area contributed by atoms with E-state index in [1.165, 1.54) is 31.5 Å². The van der Waals surface area contributed by atoms with E-state index in [-0.39, 0.29) is 5.92 Å². The maximum Gasteiger partial charge on any atom is 0.231 e. The van der Waals surface area contributed by atoms with Gasteiger partial charge in [0, 0.05) is 24.4 Å². The van der Waals surface area contributed by atoms with Crippen LogP contribution < -0.4 is 14.8 Å². The lowest BCUT2D eigenvalue weighted by Gasteiger charge is -2.51. The van der Waals surface area contributed by atoms with Gasteiger partial charge in [-0.2, -0.15) is 0 Å². The molecule has 1 amide bonds. The van der Waals surface area contributed by atoms with Crippen LogP contribution in [0.5, 0.6) is 11.5 Å². The number of hydrogen-bond donors (Lipinski definition) is 1. The number of nitrogens with one attached hydrogen (secondary N) is 1. The summed E-state index contributed by atoms with van der Waals surface area (Å²) in [5, 5.41) is 3.43. The number of benzene rings is 1. The predicted molar refractivity (Wildman–Crippen MR) is 102 cm³/mol. The Morgan fingerprint density at radius 2 is 1.82 bits per heavy atom. The van der Waals surface area contributed by atoms with Crippen molar-refractivity contribution in [3.63, 3.8) is 0 Å². The third kappa shape index (κ3) is 2.08. The normalized spacial score (nSPS) is 44.5. The van der Waals surface area contributed by atoms with Gasteiger partial charge in [-0.3, -0.25) is 9.69 Å². The van der Waals surface area contributed by atoms with Crippen molar-refractivity contribution in [2.24, 2.45) is 23.7 Å². The zero-order valence-corrected chi connectivity index (χ0v) is 16.0. The molecule has 6 fully saturated rings. The Hall–Kier alpha value is -1.79. The number of nitrogens with zero attached hydrogens (tertiary/aromatic N) is 2. The second-order valence-electron chi connectivity index (χ2n) is 9.58. The van der Waals surface area contributed by atoms with Gasteiger partial charge in [-0.1, -0.05) is 6.07 Å². The molecule has 6 nitrogen and oxygen atoms in total. The minimum atomic E-state index is 0.285. The number of hydrogen-bond acceptors (Lipinski definition) is 5. The Kier molecular flexibility index (Phi) is 3.23. The molecule has 1 aliphatic carbocycles. The second kappa shape index (κ2) is 5.63. The van der Waals surface area contributed by atoms with E-state index in [4.69, 9.17) is 9.47 Å². The van der Waals surface area contributed by atoms with Gasteiger partial charge in [0.15, 0.2) is 11.5 Å². The lowest BCUT2D eigenvalue weighted by molar-refractivity contribution is -0.138. The number of likely N-dealkylation sites (tertiary alicyclic amines) is 1. The van der Waals surface area contributed by atoms with E-state index in [2.05, 4.69) is 27.2 Å². The zero-order valence-electron chi connectivity index (χ0n) is 16.0. The van der Waals surface area contributed by atoms with Crippen LogP contribution in [0, 0.1) is 23.7 Å². The van der Waals surface area contributed by atoms with Crippen LogP contribution in [0.4, 0.5) is 0 Å². The molecule has 0 spiro atoms. The molecule has 8 rings (SSSR count). The van der Waals surface area contributed by atoms with E-state index in [1.807, 2.05) is 6.07 Å². The molecule has 28 heavy (non-hydrogen) atoms. The maximum absolute atomic E-state index is 13.6. The molecule has 6 atom stereocenters. The van der Waals surface area contributed by atoms with E-state index in [1.54, 1.807) is 0 Å². The monoisotopic (exact) mass is 381 g/mol. The first-order valence-electron chi connectivity index (χ1n) is 10.9. The molecule has 0 radical (unpaired) electrons. The van der Waals surface area contributed by atoms with Gasteiger partial charge < -0.3 is 19.7 Å². The molecule has 2 bridgehead atoms. The Balaban J connectivity index is 1.24. The van der Waals surface area contributed by atoms with Crippen LogP contribution in [0.3, 0.4) is 0 Å². The minimum Gasteiger partial charge on any atom is -0.454 e. The summed E-state index contributed by atoms with van der Waals surface area (Å²) in [5.74, 6) is 4.68. The first-order valence-corrected chi connectivity index (χ1v) is 10.9. The fourth-order valence-corrected chi connectivity index (χ4v) is 7.09. The van der Waals surface area contributed by atoms with E-state index in [0.717, 1.165) is 31.1 Å². The Bertz CT molecular complexity index is 826. The first kappa shape index (κ1) is 16.1. The quantitative estimate of drug-likeness (QED) is 0.836. The molecular formula is C22H27N3O3. The molecule has 148 valence electrons. The van der Waals surface area contributed by atoms with Crippen LogP contribution in [-0.2, 0) is 4.79 Å². The van der Waals surface area contributed by atoms with E-state index >= 15 is 0 Å². The van der Waals surface area contributed by atoms with Gasteiger partial charge in [0.05, 0.1) is 6.04 Å². The summed E-state index contributed by atoms with van der Waals surface area (Å²) in [6.07, 6.45) is 2.50. The molecule has 7 aliphatic rings. The highest BCUT2D eigenvalue weighted by Crippen LogP contribution is 2.53. The summed E-state index contributed by atoms with van der Waals surface area (Å²) in [7, 11) is 0. The van der Waals surface area contributed by atoms with Crippen molar-refractivity contribution in [3.8, 4) is 11.5 Å². The minimum absolute atomic E-state index is 0.285. The Morgan fingerprint density at radius 1 is 1.04 bits per heavy atom. The van der Waals surface area contributed by atoms with Crippen LogP contribution in [0.2, 0.25) is 0 Å². The molecular weight excluding hydrogens is 354 g/mol. The number of carbonyl (C=O) groups is 1. The van der Waals surface area contributed by atoms with Crippen molar-refractivity contribution in [3.05, 3.63) is 23.8 Å². The molecule has 6 aliphatic heterocycles. The standard InChI is InChI=1S/C22H27N3O3/c26-22(19-14-8-23-9-15(14)19)25-10-16(13-1-2-17-18(7-13)28-11-27-17)21-20(25)12-3-5-24(21)6-4-12/h1-2,7,12,14-16,19-21,23H,3-6,8-11H2/t14-,15+,16-,19?,20+,21+/m0/s1. The van der Waals surface area contributed by atoms with E-state index in [9.17, 15) is 4.79 Å². The molecule has 1 aromatic rings. The molecule has 6 heterocycles. The molecule has 1 saturated carbocycles. The number of ether oxygens (including phenoxy) is 2. The zero-order chi connectivity index (χ0) is 18.4. The van der Waals surface area contributed by atoms with Gasteiger partial charge in [-0.15, -0.1) is 0 Å². The SMILES string of the molecule is O=C(C1[C@H]2CNC[C@@H]12)N1C[C@@H](c2ccc3c(c2)OCO3)[C@@H]2[C@H]1C1CCN2CC1. The average molecular weight is 381 g/mol. The highest BCUT2D eigenvalue weighted by Gasteiger charge is 2.62. The predicted octanol–water partition coefficient (Wildman–Crippen LogP) is 1.27. The topological polar surface area (TPSA) is 54.0 Å². The van der Waals surface area contributed by atoms with Crippen LogP contribution in [-0.4, -0.2) is 67.3 Å². The number of fused-ring (bicyclic) bond motifs is 4. The van der Waals surface area contributed by atoms with Crippen molar-refractivity contribution >= 4 is 5.91 Å². The summed E-state index contributed by atoms with van der Waals surface area (Å²) >= 11 is 0. The molecule has 1 aromatic carbocycles. The van der Waals surface area contributed by atoms with Gasteiger partial charge in [0.2, 0.25) is 12.7 Å². The summed E-state index contributed by atoms with van der Waals surface area (Å²) in [5.41, 5.74) is 1.31. The number of piperidine rings is 4. The Labute approximate surface area is 165 Å². The van der Waals surface area contributed by atoms with Crippen molar-refractivity contribution in [1.82, 2.24) is 15.1 Å². The molecule has 0 aromatic heterocycles. The van der Waals surface area contributed by atoms with Gasteiger partial charge in [-0.25, -0.2) is 0 Å². The smallest absolute Gasteiger partial charge is 0.231 e. The highest BCUT2D eigenvalue weighted by atomic mass is 16.7.